The molecule has 11 heteroatoms. The molecule has 0 spiro atoms. The van der Waals surface area contributed by atoms with Gasteiger partial charge in [-0.15, -0.1) is 0 Å². The number of hydrogen-bond donors (Lipinski definition) is 1. The molecule has 1 fully saturated rings. The number of carbonyl (C=O) groups is 1. The van der Waals surface area contributed by atoms with Gasteiger partial charge in [0.1, 0.15) is 5.75 Å². The molecule has 0 bridgehead atoms. The van der Waals surface area contributed by atoms with Gasteiger partial charge in [-0.25, -0.2) is 0 Å². The molecular formula is C25H17F3N4O3S. The number of thioether (sulfide) groups is 1. The molecule has 1 saturated heterocycles. The van der Waals surface area contributed by atoms with Crippen LogP contribution in [-0.2, 0) is 17.5 Å². The van der Waals surface area contributed by atoms with Crippen molar-refractivity contribution in [2.24, 2.45) is 4.99 Å². The Bertz CT molecular complexity index is 1400. The highest BCUT2D eigenvalue weighted by Crippen LogP contribution is 2.41. The Balaban J connectivity index is 1.55. The predicted octanol–water partition coefficient (Wildman–Crippen LogP) is 5.53. The first-order chi connectivity index (χ1) is 17.3. The van der Waals surface area contributed by atoms with E-state index in [1.165, 1.54) is 31.0 Å². The summed E-state index contributed by atoms with van der Waals surface area (Å²) in [5.74, 6) is -0.582. The van der Waals surface area contributed by atoms with Gasteiger partial charge < -0.3 is 14.8 Å². The number of rotatable bonds is 6. The molecule has 2 aromatic carbocycles. The first kappa shape index (κ1) is 24.8. The van der Waals surface area contributed by atoms with Crippen molar-refractivity contribution in [2.45, 2.75) is 12.7 Å². The maximum absolute atomic E-state index is 13.5. The van der Waals surface area contributed by atoms with Crippen LogP contribution in [0.3, 0.4) is 0 Å². The molecule has 1 aliphatic heterocycles. The van der Waals surface area contributed by atoms with Crippen LogP contribution in [0.25, 0.3) is 6.08 Å². The first-order valence-corrected chi connectivity index (χ1v) is 11.2. The highest BCUT2D eigenvalue weighted by atomic mass is 32.2. The lowest BCUT2D eigenvalue weighted by Crippen LogP contribution is -2.19. The normalized spacial score (nSPS) is 15.6. The van der Waals surface area contributed by atoms with Crippen LogP contribution >= 0.6 is 11.8 Å². The molecule has 1 aromatic heterocycles. The third-order valence-electron chi connectivity index (χ3n) is 4.92. The van der Waals surface area contributed by atoms with Crippen molar-refractivity contribution in [3.05, 3.63) is 88.1 Å². The molecule has 1 aliphatic rings. The van der Waals surface area contributed by atoms with Gasteiger partial charge in [0.25, 0.3) is 5.91 Å². The number of alkyl halides is 3. The molecule has 182 valence electrons. The van der Waals surface area contributed by atoms with Crippen LogP contribution in [-0.4, -0.2) is 23.2 Å². The van der Waals surface area contributed by atoms with Crippen molar-refractivity contribution in [2.75, 3.05) is 7.11 Å². The molecule has 1 amide bonds. The van der Waals surface area contributed by atoms with E-state index < -0.39 is 17.5 Å². The number of pyridine rings is 1. The SMILES string of the molecule is COc1cc(/C=C2\SC(=NCc3ccncc3)NC2=O)ccc1Oc1ccc(C#N)cc1C(F)(F)F. The third-order valence-corrected chi connectivity index (χ3v) is 5.87. The lowest BCUT2D eigenvalue weighted by Gasteiger charge is -2.16. The number of amidine groups is 1. The van der Waals surface area contributed by atoms with E-state index in [-0.39, 0.29) is 23.0 Å². The number of amides is 1. The summed E-state index contributed by atoms with van der Waals surface area (Å²) in [6, 6.07) is 13.0. The first-order valence-electron chi connectivity index (χ1n) is 10.4. The zero-order valence-corrected chi connectivity index (χ0v) is 19.5. The van der Waals surface area contributed by atoms with E-state index in [4.69, 9.17) is 14.7 Å². The van der Waals surface area contributed by atoms with Crippen molar-refractivity contribution in [1.82, 2.24) is 10.3 Å². The lowest BCUT2D eigenvalue weighted by atomic mass is 10.1. The summed E-state index contributed by atoms with van der Waals surface area (Å²) in [4.78, 5) is 21.1. The fourth-order valence-electron chi connectivity index (χ4n) is 3.19. The van der Waals surface area contributed by atoms with Gasteiger partial charge in [-0.2, -0.15) is 18.4 Å². The number of nitrogens with one attached hydrogen (secondary N) is 1. The molecule has 7 nitrogen and oxygen atoms in total. The summed E-state index contributed by atoms with van der Waals surface area (Å²) in [6.07, 6.45) is 0.216. The number of methoxy groups -OCH3 is 1. The second kappa shape index (κ2) is 10.5. The average Bonchev–Trinajstić information content (AvgIpc) is 3.22. The predicted molar refractivity (Wildman–Crippen MR) is 128 cm³/mol. The molecule has 1 N–H and O–H groups in total. The van der Waals surface area contributed by atoms with Crippen LogP contribution in [0.1, 0.15) is 22.3 Å². The summed E-state index contributed by atoms with van der Waals surface area (Å²) >= 11 is 1.17. The minimum atomic E-state index is -4.72. The second-order valence-electron chi connectivity index (χ2n) is 7.37. The number of aliphatic imine (C=N–C) groups is 1. The number of nitrogens with zero attached hydrogens (tertiary/aromatic N) is 3. The molecular weight excluding hydrogens is 493 g/mol. The molecule has 2 heterocycles. The van der Waals surface area contributed by atoms with Crippen molar-refractivity contribution in [3.8, 4) is 23.3 Å². The van der Waals surface area contributed by atoms with Crippen molar-refractivity contribution >= 4 is 28.9 Å². The summed E-state index contributed by atoms with van der Waals surface area (Å²) in [5, 5.41) is 12.1. The van der Waals surface area contributed by atoms with Gasteiger partial charge in [0.05, 0.1) is 35.8 Å². The molecule has 3 aromatic rings. The fourth-order valence-corrected chi connectivity index (χ4v) is 4.01. The Labute approximate surface area is 208 Å². The Morgan fingerprint density at radius 2 is 1.86 bits per heavy atom. The van der Waals surface area contributed by atoms with Crippen molar-refractivity contribution in [1.29, 1.82) is 5.26 Å². The Morgan fingerprint density at radius 1 is 1.11 bits per heavy atom. The summed E-state index contributed by atoms with van der Waals surface area (Å²) in [5.41, 5.74) is 0.302. The molecule has 0 atom stereocenters. The number of hydrogen-bond acceptors (Lipinski definition) is 7. The largest absolute Gasteiger partial charge is 0.493 e. The second-order valence-corrected chi connectivity index (χ2v) is 8.41. The Hall–Kier alpha value is -4.30. The standard InChI is InChI=1S/C25H17F3N4O3S/c1-34-21-11-16(12-22-23(33)32-24(36-22)31-14-15-6-8-30-9-7-15)2-5-20(21)35-19-4-3-17(13-29)10-18(19)25(26,27)28/h2-12H,14H2,1H3,(H,31,32,33)/b22-12-. The van der Waals surface area contributed by atoms with Crippen LogP contribution < -0.4 is 14.8 Å². The van der Waals surface area contributed by atoms with Crippen LogP contribution in [0.15, 0.2) is 70.8 Å². The van der Waals surface area contributed by atoms with Gasteiger partial charge in [0, 0.05) is 12.4 Å². The zero-order chi connectivity index (χ0) is 25.7. The van der Waals surface area contributed by atoms with E-state index in [2.05, 4.69) is 15.3 Å². The van der Waals surface area contributed by atoms with E-state index in [1.807, 2.05) is 12.1 Å². The quantitative estimate of drug-likeness (QED) is 0.438. The molecule has 4 rings (SSSR count). The minimum Gasteiger partial charge on any atom is -0.493 e. The van der Waals surface area contributed by atoms with E-state index in [9.17, 15) is 18.0 Å². The smallest absolute Gasteiger partial charge is 0.420 e. The fraction of sp³-hybridized carbons (Fsp3) is 0.120. The number of aromatic nitrogens is 1. The number of ether oxygens (including phenoxy) is 2. The van der Waals surface area contributed by atoms with E-state index >= 15 is 0 Å². The van der Waals surface area contributed by atoms with Crippen LogP contribution in [0.2, 0.25) is 0 Å². The van der Waals surface area contributed by atoms with Gasteiger partial charge in [-0.05, 0) is 71.4 Å². The topological polar surface area (TPSA) is 96.6 Å². The lowest BCUT2D eigenvalue weighted by molar-refractivity contribution is -0.138. The van der Waals surface area contributed by atoms with Crippen LogP contribution in [0, 0.1) is 11.3 Å². The van der Waals surface area contributed by atoms with E-state index in [0.29, 0.717) is 22.2 Å². The summed E-state index contributed by atoms with van der Waals surface area (Å²) in [6.45, 7) is 0.382. The van der Waals surface area contributed by atoms with Gasteiger partial charge in [0.15, 0.2) is 16.7 Å². The Morgan fingerprint density at radius 3 is 2.56 bits per heavy atom. The third kappa shape index (κ3) is 5.84. The van der Waals surface area contributed by atoms with Gasteiger partial charge >= 0.3 is 6.18 Å². The molecule has 0 aliphatic carbocycles. The van der Waals surface area contributed by atoms with Crippen molar-refractivity contribution < 1.29 is 27.4 Å². The van der Waals surface area contributed by atoms with Gasteiger partial charge in [-0.1, -0.05) is 6.07 Å². The maximum atomic E-state index is 13.5. The molecule has 0 radical (unpaired) electrons. The maximum Gasteiger partial charge on any atom is 0.420 e. The average molecular weight is 510 g/mol. The Kier molecular flexibility index (Phi) is 7.26. The van der Waals surface area contributed by atoms with Gasteiger partial charge in [-0.3, -0.25) is 14.8 Å². The van der Waals surface area contributed by atoms with E-state index in [0.717, 1.165) is 17.7 Å². The number of nitriles is 1. The monoisotopic (exact) mass is 510 g/mol. The van der Waals surface area contributed by atoms with Crippen LogP contribution in [0.5, 0.6) is 17.2 Å². The highest BCUT2D eigenvalue weighted by Gasteiger charge is 2.35. The number of halogens is 3. The van der Waals surface area contributed by atoms with Crippen molar-refractivity contribution in [3.63, 3.8) is 0 Å². The molecule has 0 unspecified atom stereocenters. The number of carbonyl (C=O) groups excluding carboxylic acids is 1. The summed E-state index contributed by atoms with van der Waals surface area (Å²) < 4.78 is 51.3. The number of benzene rings is 2. The van der Waals surface area contributed by atoms with E-state index in [1.54, 1.807) is 36.7 Å². The van der Waals surface area contributed by atoms with Crippen LogP contribution in [0.4, 0.5) is 13.2 Å². The molecule has 36 heavy (non-hydrogen) atoms. The minimum absolute atomic E-state index is 0.0398. The molecule has 0 saturated carbocycles. The summed E-state index contributed by atoms with van der Waals surface area (Å²) in [7, 11) is 1.35. The zero-order valence-electron chi connectivity index (χ0n) is 18.7. The van der Waals surface area contributed by atoms with Gasteiger partial charge in [0.2, 0.25) is 0 Å². The highest BCUT2D eigenvalue weighted by molar-refractivity contribution is 8.18.